The van der Waals surface area contributed by atoms with Crippen molar-refractivity contribution in [2.75, 3.05) is 7.11 Å². The first-order valence-corrected chi connectivity index (χ1v) is 8.49. The van der Waals surface area contributed by atoms with Crippen molar-refractivity contribution in [3.05, 3.63) is 65.9 Å². The van der Waals surface area contributed by atoms with E-state index in [0.717, 1.165) is 33.9 Å². The molecule has 0 fully saturated rings. The molecule has 0 bridgehead atoms. The highest BCUT2D eigenvalue weighted by Crippen LogP contribution is 2.26. The van der Waals surface area contributed by atoms with Crippen LogP contribution in [0.1, 0.15) is 11.3 Å². The minimum Gasteiger partial charge on any atom is -0.399 e. The molecule has 0 atom stereocenters. The average Bonchev–Trinajstić information content (AvgIpc) is 3.10. The first-order valence-electron chi connectivity index (χ1n) is 7.75. The summed E-state index contributed by atoms with van der Waals surface area (Å²) in [6.07, 6.45) is 1.57. The van der Waals surface area contributed by atoms with Gasteiger partial charge >= 0.3 is 0 Å². The third-order valence-corrected chi connectivity index (χ3v) is 4.23. The van der Waals surface area contributed by atoms with Gasteiger partial charge in [0, 0.05) is 10.5 Å². The van der Waals surface area contributed by atoms with Gasteiger partial charge in [0.05, 0.1) is 29.6 Å². The smallest absolute Gasteiger partial charge is 0.108 e. The molecule has 1 aromatic heterocycles. The van der Waals surface area contributed by atoms with Crippen LogP contribution in [-0.4, -0.2) is 23.1 Å². The third-order valence-electron chi connectivity index (χ3n) is 3.62. The number of rotatable bonds is 7. The molecule has 0 saturated carbocycles. The Kier molecular flexibility index (Phi) is 6.03. The second kappa shape index (κ2) is 8.63. The Morgan fingerprint density at radius 1 is 1.12 bits per heavy atom. The summed E-state index contributed by atoms with van der Waals surface area (Å²) in [5.74, 6) is 4.86. The van der Waals surface area contributed by atoms with Crippen LogP contribution in [0.3, 0.4) is 0 Å². The van der Waals surface area contributed by atoms with E-state index >= 15 is 0 Å². The standard InChI is InChI=1S/C18H18N4O3S/c1-13-3-5-14(6-4-13)18-11-15(12-20-23-2)21-22(18)16-7-9-17(10-8-16)26-25-24-19/h3-12H,19H2,1-2H3. The van der Waals surface area contributed by atoms with E-state index in [1.807, 2.05) is 35.0 Å². The summed E-state index contributed by atoms with van der Waals surface area (Å²) >= 11 is 1.03. The van der Waals surface area contributed by atoms with E-state index in [1.54, 1.807) is 6.21 Å². The number of aryl methyl sites for hydroxylation is 1. The number of aromatic nitrogens is 2. The number of nitrogens with two attached hydrogens (primary N) is 1. The fourth-order valence-electron chi connectivity index (χ4n) is 2.40. The summed E-state index contributed by atoms with van der Waals surface area (Å²) in [5, 5.41) is 8.41. The van der Waals surface area contributed by atoms with Crippen LogP contribution in [0.2, 0.25) is 0 Å². The van der Waals surface area contributed by atoms with Gasteiger partial charge in [-0.15, -0.1) is 9.32 Å². The van der Waals surface area contributed by atoms with Crippen molar-refractivity contribution in [2.45, 2.75) is 11.8 Å². The van der Waals surface area contributed by atoms with Crippen molar-refractivity contribution >= 4 is 18.3 Å². The second-order valence-electron chi connectivity index (χ2n) is 5.39. The summed E-state index contributed by atoms with van der Waals surface area (Å²) in [4.78, 5) is 9.72. The van der Waals surface area contributed by atoms with Crippen LogP contribution in [0.15, 0.2) is 64.6 Å². The Hall–Kier alpha value is -2.65. The lowest BCUT2D eigenvalue weighted by Gasteiger charge is -2.08. The Bertz CT molecular complexity index is 876. The lowest BCUT2D eigenvalue weighted by Crippen LogP contribution is -2.00. The summed E-state index contributed by atoms with van der Waals surface area (Å²) in [6, 6.07) is 17.9. The summed E-state index contributed by atoms with van der Waals surface area (Å²) in [5.41, 5.74) is 4.80. The molecule has 0 aliphatic heterocycles. The molecule has 0 unspecified atom stereocenters. The highest BCUT2D eigenvalue weighted by atomic mass is 32.2. The number of hydrogen-bond donors (Lipinski definition) is 1. The minimum absolute atomic E-state index is 0.695. The van der Waals surface area contributed by atoms with E-state index in [9.17, 15) is 0 Å². The molecule has 0 amide bonds. The van der Waals surface area contributed by atoms with E-state index in [2.05, 4.69) is 50.8 Å². The molecule has 0 spiro atoms. The molecule has 8 heteroatoms. The lowest BCUT2D eigenvalue weighted by atomic mass is 10.1. The van der Waals surface area contributed by atoms with Crippen molar-refractivity contribution < 1.29 is 14.2 Å². The molecule has 3 rings (SSSR count). The highest BCUT2D eigenvalue weighted by Gasteiger charge is 2.11. The van der Waals surface area contributed by atoms with Crippen molar-refractivity contribution in [1.82, 2.24) is 9.78 Å². The van der Waals surface area contributed by atoms with Gasteiger partial charge in [-0.3, -0.25) is 0 Å². The Balaban J connectivity index is 2.00. The molecular formula is C18H18N4O3S. The predicted octanol–water partition coefficient (Wildman–Crippen LogP) is 3.66. The summed E-state index contributed by atoms with van der Waals surface area (Å²) in [6.45, 7) is 2.06. The molecule has 2 N–H and O–H groups in total. The van der Waals surface area contributed by atoms with Crippen LogP contribution in [0.4, 0.5) is 0 Å². The molecule has 0 aliphatic rings. The maximum Gasteiger partial charge on any atom is 0.108 e. The largest absolute Gasteiger partial charge is 0.399 e. The molecule has 0 aliphatic carbocycles. The quantitative estimate of drug-likeness (QED) is 0.296. The summed E-state index contributed by atoms with van der Waals surface area (Å²) < 4.78 is 6.52. The average molecular weight is 370 g/mol. The van der Waals surface area contributed by atoms with Gasteiger partial charge < -0.3 is 4.84 Å². The monoisotopic (exact) mass is 370 g/mol. The van der Waals surface area contributed by atoms with Crippen molar-refractivity contribution in [3.8, 4) is 16.9 Å². The molecule has 2 aromatic carbocycles. The van der Waals surface area contributed by atoms with Gasteiger partial charge in [0.25, 0.3) is 0 Å². The van der Waals surface area contributed by atoms with Gasteiger partial charge in [-0.05, 0) is 37.3 Å². The molecule has 26 heavy (non-hydrogen) atoms. The van der Waals surface area contributed by atoms with Crippen molar-refractivity contribution in [1.29, 1.82) is 0 Å². The number of oxime groups is 1. The molecule has 1 heterocycles. The zero-order valence-corrected chi connectivity index (χ0v) is 15.1. The molecule has 0 radical (unpaired) electrons. The Morgan fingerprint density at radius 3 is 2.50 bits per heavy atom. The van der Waals surface area contributed by atoms with Crippen LogP contribution in [0.25, 0.3) is 16.9 Å². The summed E-state index contributed by atoms with van der Waals surface area (Å²) in [7, 11) is 1.50. The van der Waals surface area contributed by atoms with Gasteiger partial charge in [0.15, 0.2) is 0 Å². The zero-order valence-electron chi connectivity index (χ0n) is 14.3. The van der Waals surface area contributed by atoms with E-state index in [4.69, 9.17) is 10.7 Å². The maximum atomic E-state index is 4.86. The number of nitrogens with zero attached hydrogens (tertiary/aromatic N) is 3. The molecule has 3 aromatic rings. The molecule has 134 valence electrons. The maximum absolute atomic E-state index is 4.86. The predicted molar refractivity (Wildman–Crippen MR) is 101 cm³/mol. The SMILES string of the molecule is CON=Cc1cc(-c2ccc(C)cc2)n(-c2ccc(SOON)cc2)n1. The normalized spacial score (nSPS) is 11.2. The third kappa shape index (κ3) is 4.30. The fourth-order valence-corrected chi connectivity index (χ4v) is 2.76. The number of hydrogen-bond acceptors (Lipinski definition) is 7. The molecule has 0 saturated heterocycles. The van der Waals surface area contributed by atoms with E-state index in [1.165, 1.54) is 12.7 Å². The fraction of sp³-hybridized carbons (Fsp3) is 0.111. The first-order chi connectivity index (χ1) is 12.7. The highest BCUT2D eigenvalue weighted by molar-refractivity contribution is 7.94. The van der Waals surface area contributed by atoms with Crippen LogP contribution in [0.5, 0.6) is 0 Å². The molecular weight excluding hydrogens is 352 g/mol. The zero-order chi connectivity index (χ0) is 18.4. The van der Waals surface area contributed by atoms with E-state index in [-0.39, 0.29) is 0 Å². The molecule has 7 nitrogen and oxygen atoms in total. The Morgan fingerprint density at radius 2 is 1.85 bits per heavy atom. The minimum atomic E-state index is 0.695. The Labute approximate surface area is 155 Å². The van der Waals surface area contributed by atoms with Gasteiger partial charge in [-0.1, -0.05) is 35.0 Å². The van der Waals surface area contributed by atoms with Gasteiger partial charge in [-0.25, -0.2) is 4.68 Å². The van der Waals surface area contributed by atoms with E-state index in [0.29, 0.717) is 5.69 Å². The van der Waals surface area contributed by atoms with E-state index < -0.39 is 0 Å². The van der Waals surface area contributed by atoms with Crippen LogP contribution < -0.4 is 5.90 Å². The van der Waals surface area contributed by atoms with Gasteiger partial charge in [0.2, 0.25) is 0 Å². The van der Waals surface area contributed by atoms with Crippen molar-refractivity contribution in [3.63, 3.8) is 0 Å². The van der Waals surface area contributed by atoms with Gasteiger partial charge in [-0.2, -0.15) is 11.0 Å². The van der Waals surface area contributed by atoms with Crippen LogP contribution >= 0.6 is 12.0 Å². The lowest BCUT2D eigenvalue weighted by molar-refractivity contribution is -0.195. The van der Waals surface area contributed by atoms with Crippen LogP contribution in [0, 0.1) is 6.92 Å². The first kappa shape index (κ1) is 18.2. The second-order valence-corrected chi connectivity index (χ2v) is 6.17. The number of benzene rings is 2. The van der Waals surface area contributed by atoms with Crippen molar-refractivity contribution in [2.24, 2.45) is 11.1 Å². The van der Waals surface area contributed by atoms with Gasteiger partial charge in [0.1, 0.15) is 12.8 Å². The van der Waals surface area contributed by atoms with Crippen LogP contribution in [-0.2, 0) is 14.2 Å². The topological polar surface area (TPSA) is 83.9 Å².